The molecule has 0 saturated heterocycles. The summed E-state index contributed by atoms with van der Waals surface area (Å²) in [6.07, 6.45) is 8.30. The maximum absolute atomic E-state index is 2.65. The molecule has 5 aromatic carbocycles. The molecule has 3 heteroatoms. The van der Waals surface area contributed by atoms with E-state index in [1.54, 1.807) is 0 Å². The first-order valence-electron chi connectivity index (χ1n) is 23.0. The zero-order valence-corrected chi connectivity index (χ0v) is 40.9. The lowest BCUT2D eigenvalue weighted by molar-refractivity contribution is 0.332. The van der Waals surface area contributed by atoms with E-state index in [-0.39, 0.29) is 27.1 Å². The largest absolute Gasteiger partial charge is 0.312 e. The van der Waals surface area contributed by atoms with Crippen molar-refractivity contribution >= 4 is 44.2 Å². The molecule has 0 bridgehead atoms. The summed E-state index contributed by atoms with van der Waals surface area (Å²) in [6.45, 7) is 32.9. The van der Waals surface area contributed by atoms with Crippen LogP contribution in [-0.2, 0) is 27.1 Å². The molecular formula is C59H70N2S. The number of hydrogen-bond acceptors (Lipinski definition) is 3. The maximum atomic E-state index is 2.65. The number of allylic oxidation sites excluding steroid dienone is 3. The van der Waals surface area contributed by atoms with E-state index in [1.165, 1.54) is 96.0 Å². The van der Waals surface area contributed by atoms with Crippen LogP contribution in [0, 0.1) is 5.92 Å². The van der Waals surface area contributed by atoms with Crippen molar-refractivity contribution in [1.29, 1.82) is 0 Å². The molecule has 0 aliphatic heterocycles. The molecule has 8 rings (SSSR count). The fourth-order valence-electron chi connectivity index (χ4n) is 9.65. The zero-order valence-electron chi connectivity index (χ0n) is 40.1. The minimum Gasteiger partial charge on any atom is -0.312 e. The van der Waals surface area contributed by atoms with Gasteiger partial charge < -0.3 is 9.80 Å². The maximum Gasteiger partial charge on any atom is 0.0644 e. The Bertz CT molecular complexity index is 2590. The first kappa shape index (κ1) is 43.8. The Labute approximate surface area is 378 Å². The number of rotatable bonds is 7. The van der Waals surface area contributed by atoms with Crippen molar-refractivity contribution < 1.29 is 0 Å². The Morgan fingerprint density at radius 2 is 1.08 bits per heavy atom. The van der Waals surface area contributed by atoms with Gasteiger partial charge in [-0.05, 0) is 140 Å². The van der Waals surface area contributed by atoms with Gasteiger partial charge in [-0.2, -0.15) is 0 Å². The Kier molecular flexibility index (Phi) is 11.1. The Morgan fingerprint density at radius 1 is 0.565 bits per heavy atom. The van der Waals surface area contributed by atoms with Crippen molar-refractivity contribution in [3.63, 3.8) is 0 Å². The molecule has 2 aliphatic rings. The van der Waals surface area contributed by atoms with Crippen LogP contribution in [0.1, 0.15) is 144 Å². The lowest BCUT2D eigenvalue weighted by atomic mass is 9.63. The molecule has 62 heavy (non-hydrogen) atoms. The Morgan fingerprint density at radius 3 is 1.61 bits per heavy atom. The summed E-state index contributed by atoms with van der Waals surface area (Å²) in [6, 6.07) is 42.0. The highest BCUT2D eigenvalue weighted by Crippen LogP contribution is 2.52. The number of nitrogens with zero attached hydrogens (tertiary/aromatic N) is 2. The van der Waals surface area contributed by atoms with Crippen LogP contribution in [0.25, 0.3) is 21.2 Å². The monoisotopic (exact) mass is 839 g/mol. The van der Waals surface area contributed by atoms with Crippen LogP contribution in [-0.4, -0.2) is 0 Å². The van der Waals surface area contributed by atoms with Crippen molar-refractivity contribution in [2.45, 2.75) is 143 Å². The summed E-state index contributed by atoms with van der Waals surface area (Å²) < 4.78 is 1.36. The van der Waals surface area contributed by atoms with E-state index in [0.29, 0.717) is 5.92 Å². The van der Waals surface area contributed by atoms with Crippen molar-refractivity contribution in [1.82, 2.24) is 0 Å². The molecule has 6 aromatic rings. The van der Waals surface area contributed by atoms with Crippen LogP contribution >= 0.6 is 11.3 Å². The standard InChI is InChI=1S/C59H70N2S/c1-39-32-46(60(44-25-20-41(21-26-44)55(2,3)4)45-27-22-42(23-28-45)56(5,6)7)35-47(33-39)61(52-29-24-43(57(8,9)10)34-48(52)40-18-16-15-17-19-40)53-38-62-54-37-51-50(36-49(53)54)58(11,12)30-31-59(51,13)14/h15-29,32,34-39H,30-31,33H2,1-14H3. The van der Waals surface area contributed by atoms with Crippen molar-refractivity contribution in [2.24, 2.45) is 5.92 Å². The van der Waals surface area contributed by atoms with Gasteiger partial charge in [0.2, 0.25) is 0 Å². The van der Waals surface area contributed by atoms with Crippen molar-refractivity contribution in [3.8, 4) is 11.1 Å². The van der Waals surface area contributed by atoms with E-state index in [2.05, 4.69) is 233 Å². The topological polar surface area (TPSA) is 6.48 Å². The molecule has 2 aliphatic carbocycles. The summed E-state index contributed by atoms with van der Waals surface area (Å²) >= 11 is 1.90. The average molecular weight is 839 g/mol. The van der Waals surface area contributed by atoms with E-state index in [4.69, 9.17) is 0 Å². The molecule has 2 nitrogen and oxygen atoms in total. The van der Waals surface area contributed by atoms with Crippen LogP contribution in [0.5, 0.6) is 0 Å². The SMILES string of the molecule is CC1C=C(N(c2ccc(C(C)(C)C)cc2)c2ccc(C(C)(C)C)cc2)C=C(N(c2ccc(C(C)(C)C)cc2-c2ccccc2)c2csc3cc4c(cc23)C(C)(C)CCC4(C)C)C1. The molecule has 1 atom stereocenters. The number of anilines is 4. The highest BCUT2D eigenvalue weighted by molar-refractivity contribution is 7.17. The third-order valence-electron chi connectivity index (χ3n) is 13.8. The van der Waals surface area contributed by atoms with Gasteiger partial charge in [0.25, 0.3) is 0 Å². The van der Waals surface area contributed by atoms with Crippen LogP contribution in [0.3, 0.4) is 0 Å². The van der Waals surface area contributed by atoms with Gasteiger partial charge in [-0.1, -0.05) is 164 Å². The first-order chi connectivity index (χ1) is 29.0. The molecule has 1 aromatic heterocycles. The Balaban J connectivity index is 1.38. The third kappa shape index (κ3) is 8.47. The minimum absolute atomic E-state index is 0.000473. The fourth-order valence-corrected chi connectivity index (χ4v) is 10.6. The van der Waals surface area contributed by atoms with Crippen LogP contribution in [0.4, 0.5) is 22.7 Å². The van der Waals surface area contributed by atoms with Gasteiger partial charge in [-0.3, -0.25) is 0 Å². The summed E-state index contributed by atoms with van der Waals surface area (Å²) in [5.74, 6) is 0.295. The normalized spacial score (nSPS) is 17.6. The Hall–Kier alpha value is -4.86. The first-order valence-corrected chi connectivity index (χ1v) is 23.9. The molecule has 0 amide bonds. The molecule has 322 valence electrons. The molecule has 0 saturated carbocycles. The summed E-state index contributed by atoms with van der Waals surface area (Å²) in [5, 5.41) is 3.79. The fraction of sp³-hybridized carbons (Fsp3) is 0.390. The molecule has 0 radical (unpaired) electrons. The van der Waals surface area contributed by atoms with E-state index < -0.39 is 0 Å². The van der Waals surface area contributed by atoms with Crippen molar-refractivity contribution in [3.05, 3.63) is 166 Å². The van der Waals surface area contributed by atoms with Crippen molar-refractivity contribution in [2.75, 3.05) is 9.80 Å². The summed E-state index contributed by atoms with van der Waals surface area (Å²) in [7, 11) is 0. The molecule has 0 N–H and O–H groups in total. The molecule has 0 fully saturated rings. The molecule has 0 spiro atoms. The number of thiophene rings is 1. The van der Waals surface area contributed by atoms with E-state index in [0.717, 1.165) is 6.42 Å². The molecule has 1 heterocycles. The lowest BCUT2D eigenvalue weighted by Crippen LogP contribution is -2.33. The minimum atomic E-state index is -0.000473. The lowest BCUT2D eigenvalue weighted by Gasteiger charge is -2.42. The van der Waals surface area contributed by atoms with Gasteiger partial charge >= 0.3 is 0 Å². The van der Waals surface area contributed by atoms with Gasteiger partial charge in [0.15, 0.2) is 0 Å². The number of benzene rings is 5. The second-order valence-corrected chi connectivity index (χ2v) is 23.7. The average Bonchev–Trinajstić information content (AvgIpc) is 3.62. The summed E-state index contributed by atoms with van der Waals surface area (Å²) in [4.78, 5) is 5.13. The third-order valence-corrected chi connectivity index (χ3v) is 14.7. The van der Waals surface area contributed by atoms with Gasteiger partial charge in [0, 0.05) is 43.8 Å². The van der Waals surface area contributed by atoms with Crippen LogP contribution in [0.2, 0.25) is 0 Å². The van der Waals surface area contributed by atoms with Gasteiger partial charge in [0.1, 0.15) is 0 Å². The van der Waals surface area contributed by atoms with E-state index in [1.807, 2.05) is 11.3 Å². The highest BCUT2D eigenvalue weighted by atomic mass is 32.1. The zero-order chi connectivity index (χ0) is 44.6. The van der Waals surface area contributed by atoms with Crippen LogP contribution < -0.4 is 9.80 Å². The van der Waals surface area contributed by atoms with E-state index in [9.17, 15) is 0 Å². The quantitative estimate of drug-likeness (QED) is 0.158. The summed E-state index contributed by atoms with van der Waals surface area (Å²) in [5.41, 5.74) is 17.2. The van der Waals surface area contributed by atoms with Gasteiger partial charge in [0.05, 0.1) is 11.4 Å². The predicted molar refractivity (Wildman–Crippen MR) is 272 cm³/mol. The highest BCUT2D eigenvalue weighted by Gasteiger charge is 2.38. The predicted octanol–water partition coefficient (Wildman–Crippen LogP) is 17.6. The van der Waals surface area contributed by atoms with Gasteiger partial charge in [-0.25, -0.2) is 0 Å². The second-order valence-electron chi connectivity index (χ2n) is 22.8. The molecular weight excluding hydrogens is 769 g/mol. The molecule has 1 unspecified atom stereocenters. The number of fused-ring (bicyclic) bond motifs is 2. The van der Waals surface area contributed by atoms with E-state index >= 15 is 0 Å². The second kappa shape index (κ2) is 15.7. The smallest absolute Gasteiger partial charge is 0.0644 e. The van der Waals surface area contributed by atoms with Gasteiger partial charge in [-0.15, -0.1) is 11.3 Å². The van der Waals surface area contributed by atoms with Crippen LogP contribution in [0.15, 0.2) is 138 Å². The number of hydrogen-bond donors (Lipinski definition) is 0.